The third-order valence-electron chi connectivity index (χ3n) is 2.62. The maximum atomic E-state index is 13.2. The van der Waals surface area contributed by atoms with Gasteiger partial charge in [0, 0.05) is 23.3 Å². The average Bonchev–Trinajstić information content (AvgIpc) is 2.26. The van der Waals surface area contributed by atoms with Gasteiger partial charge in [0.15, 0.2) is 0 Å². The van der Waals surface area contributed by atoms with Crippen LogP contribution in [0.25, 0.3) is 0 Å². The number of halogens is 1. The number of aromatic nitrogens is 1. The number of rotatable bonds is 2. The Kier molecular flexibility index (Phi) is 3.46. The number of anilines is 2. The van der Waals surface area contributed by atoms with E-state index in [1.54, 1.807) is 26.0 Å². The monoisotopic (exact) mass is 259 g/mol. The summed E-state index contributed by atoms with van der Waals surface area (Å²) in [7, 11) is 0. The first kappa shape index (κ1) is 13.0. The molecule has 0 aliphatic rings. The number of aryl methyl sites for hydroxylation is 2. The number of pyridine rings is 1. The molecule has 1 aromatic carbocycles. The average molecular weight is 259 g/mol. The zero-order valence-corrected chi connectivity index (χ0v) is 10.7. The van der Waals surface area contributed by atoms with E-state index < -0.39 is 11.7 Å². The molecule has 1 heterocycles. The summed E-state index contributed by atoms with van der Waals surface area (Å²) in [5, 5.41) is 2.60. The molecule has 0 spiro atoms. The summed E-state index contributed by atoms with van der Waals surface area (Å²) >= 11 is 0. The van der Waals surface area contributed by atoms with Crippen molar-refractivity contribution < 1.29 is 9.18 Å². The van der Waals surface area contributed by atoms with Crippen molar-refractivity contribution in [2.75, 3.05) is 11.1 Å². The fraction of sp³-hybridized carbons (Fsp3) is 0.143. The molecule has 0 aliphatic carbocycles. The number of hydrogen-bond acceptors (Lipinski definition) is 3. The SMILES string of the molecule is Cc1cc(F)cc(NC(=O)c2cnc(C)cc2N)c1. The highest BCUT2D eigenvalue weighted by Gasteiger charge is 2.11. The fourth-order valence-electron chi connectivity index (χ4n) is 1.78. The Morgan fingerprint density at radius 2 is 2.00 bits per heavy atom. The minimum Gasteiger partial charge on any atom is -0.398 e. The van der Waals surface area contributed by atoms with Gasteiger partial charge in [0.1, 0.15) is 5.82 Å². The molecule has 3 N–H and O–H groups in total. The minimum absolute atomic E-state index is 0.271. The Morgan fingerprint density at radius 1 is 1.26 bits per heavy atom. The highest BCUT2D eigenvalue weighted by molar-refractivity contribution is 6.07. The van der Waals surface area contributed by atoms with Crippen LogP contribution in [0.15, 0.2) is 30.5 Å². The smallest absolute Gasteiger partial charge is 0.259 e. The summed E-state index contributed by atoms with van der Waals surface area (Å²) in [4.78, 5) is 16.0. The molecule has 1 aromatic heterocycles. The van der Waals surface area contributed by atoms with Crippen molar-refractivity contribution >= 4 is 17.3 Å². The standard InChI is InChI=1S/C14H14FN3O/c1-8-3-10(15)6-11(4-8)18-14(19)12-7-17-9(2)5-13(12)16/h3-7H,1-2H3,(H2,16,17)(H,18,19). The van der Waals surface area contributed by atoms with Crippen molar-refractivity contribution in [2.45, 2.75) is 13.8 Å². The topological polar surface area (TPSA) is 68.0 Å². The molecule has 0 aliphatic heterocycles. The number of nitrogens with one attached hydrogen (secondary N) is 1. The lowest BCUT2D eigenvalue weighted by molar-refractivity contribution is 0.102. The first-order valence-corrected chi connectivity index (χ1v) is 5.76. The number of hydrogen-bond donors (Lipinski definition) is 2. The lowest BCUT2D eigenvalue weighted by Gasteiger charge is -2.08. The summed E-state index contributed by atoms with van der Waals surface area (Å²) in [5.74, 6) is -0.805. The maximum absolute atomic E-state index is 13.2. The van der Waals surface area contributed by atoms with Crippen LogP contribution in [0.5, 0.6) is 0 Å². The van der Waals surface area contributed by atoms with E-state index in [2.05, 4.69) is 10.3 Å². The van der Waals surface area contributed by atoms with Crippen LogP contribution < -0.4 is 11.1 Å². The fourth-order valence-corrected chi connectivity index (χ4v) is 1.78. The van der Waals surface area contributed by atoms with Crippen LogP contribution in [0.3, 0.4) is 0 Å². The Balaban J connectivity index is 2.25. The molecule has 0 radical (unpaired) electrons. The second-order valence-corrected chi connectivity index (χ2v) is 4.38. The first-order valence-electron chi connectivity index (χ1n) is 5.76. The van der Waals surface area contributed by atoms with Crippen LogP contribution in [-0.4, -0.2) is 10.9 Å². The summed E-state index contributed by atoms with van der Waals surface area (Å²) < 4.78 is 13.2. The maximum Gasteiger partial charge on any atom is 0.259 e. The molecule has 0 atom stereocenters. The van der Waals surface area contributed by atoms with Gasteiger partial charge in [-0.25, -0.2) is 4.39 Å². The molecule has 5 heteroatoms. The van der Waals surface area contributed by atoms with Gasteiger partial charge in [0.2, 0.25) is 0 Å². The van der Waals surface area contributed by atoms with E-state index >= 15 is 0 Å². The van der Waals surface area contributed by atoms with Crippen molar-refractivity contribution in [3.05, 3.63) is 53.1 Å². The van der Waals surface area contributed by atoms with E-state index in [4.69, 9.17) is 5.73 Å². The molecule has 0 saturated heterocycles. The van der Waals surface area contributed by atoms with E-state index in [1.807, 2.05) is 0 Å². The lowest BCUT2D eigenvalue weighted by Crippen LogP contribution is -2.15. The van der Waals surface area contributed by atoms with Crippen LogP contribution >= 0.6 is 0 Å². The van der Waals surface area contributed by atoms with E-state index in [1.165, 1.54) is 18.3 Å². The van der Waals surface area contributed by atoms with E-state index in [-0.39, 0.29) is 5.56 Å². The minimum atomic E-state index is -0.407. The van der Waals surface area contributed by atoms with Crippen molar-refractivity contribution in [1.29, 1.82) is 0 Å². The second-order valence-electron chi connectivity index (χ2n) is 4.38. The molecule has 2 aromatic rings. The van der Waals surface area contributed by atoms with E-state index in [9.17, 15) is 9.18 Å². The van der Waals surface area contributed by atoms with Crippen molar-refractivity contribution in [3.63, 3.8) is 0 Å². The molecular weight excluding hydrogens is 245 g/mol. The Morgan fingerprint density at radius 3 is 2.63 bits per heavy atom. The first-order chi connectivity index (χ1) is 8.95. The van der Waals surface area contributed by atoms with Gasteiger partial charge >= 0.3 is 0 Å². The summed E-state index contributed by atoms with van der Waals surface area (Å²) in [6.07, 6.45) is 1.41. The van der Waals surface area contributed by atoms with Gasteiger partial charge in [-0.05, 0) is 43.7 Å². The molecule has 4 nitrogen and oxygen atoms in total. The molecule has 0 bridgehead atoms. The predicted molar refractivity (Wildman–Crippen MR) is 72.5 cm³/mol. The number of nitrogen functional groups attached to an aromatic ring is 1. The molecule has 0 saturated carbocycles. The zero-order chi connectivity index (χ0) is 14.0. The van der Waals surface area contributed by atoms with Crippen molar-refractivity contribution in [2.24, 2.45) is 0 Å². The number of amides is 1. The molecule has 2 rings (SSSR count). The predicted octanol–water partition coefficient (Wildman–Crippen LogP) is 2.67. The number of carbonyl (C=O) groups is 1. The van der Waals surface area contributed by atoms with Crippen molar-refractivity contribution in [3.8, 4) is 0 Å². The molecule has 0 fully saturated rings. The van der Waals surface area contributed by atoms with E-state index in [0.717, 1.165) is 11.3 Å². The van der Waals surface area contributed by atoms with Gasteiger partial charge in [-0.3, -0.25) is 9.78 Å². The Hall–Kier alpha value is -2.43. The summed E-state index contributed by atoms with van der Waals surface area (Å²) in [6, 6.07) is 5.94. The van der Waals surface area contributed by atoms with Crippen LogP contribution in [0.1, 0.15) is 21.6 Å². The molecule has 1 amide bonds. The zero-order valence-electron chi connectivity index (χ0n) is 10.7. The summed E-state index contributed by atoms with van der Waals surface area (Å²) in [6.45, 7) is 3.54. The van der Waals surface area contributed by atoms with Gasteiger partial charge in [0.05, 0.1) is 5.56 Å². The van der Waals surface area contributed by atoms with Crippen LogP contribution in [0, 0.1) is 19.7 Å². The number of nitrogens with two attached hydrogens (primary N) is 1. The Labute approximate surface area is 110 Å². The normalized spacial score (nSPS) is 10.3. The van der Waals surface area contributed by atoms with Crippen LogP contribution in [0.4, 0.5) is 15.8 Å². The van der Waals surface area contributed by atoms with Gasteiger partial charge < -0.3 is 11.1 Å². The van der Waals surface area contributed by atoms with Gasteiger partial charge in [0.25, 0.3) is 5.91 Å². The number of carbonyl (C=O) groups excluding carboxylic acids is 1. The van der Waals surface area contributed by atoms with Gasteiger partial charge in [-0.15, -0.1) is 0 Å². The quantitative estimate of drug-likeness (QED) is 0.871. The highest BCUT2D eigenvalue weighted by atomic mass is 19.1. The van der Waals surface area contributed by atoms with Crippen molar-refractivity contribution in [1.82, 2.24) is 4.98 Å². The molecule has 0 unspecified atom stereocenters. The second kappa shape index (κ2) is 5.06. The van der Waals surface area contributed by atoms with Crippen LogP contribution in [0.2, 0.25) is 0 Å². The molecule has 19 heavy (non-hydrogen) atoms. The van der Waals surface area contributed by atoms with Crippen LogP contribution in [-0.2, 0) is 0 Å². The third kappa shape index (κ3) is 3.07. The summed E-state index contributed by atoms with van der Waals surface area (Å²) in [5.41, 5.74) is 8.23. The molecular formula is C14H14FN3O. The largest absolute Gasteiger partial charge is 0.398 e. The Bertz CT molecular complexity index is 620. The van der Waals surface area contributed by atoms with E-state index in [0.29, 0.717) is 11.4 Å². The highest BCUT2D eigenvalue weighted by Crippen LogP contribution is 2.17. The van der Waals surface area contributed by atoms with Gasteiger partial charge in [-0.1, -0.05) is 0 Å². The lowest BCUT2D eigenvalue weighted by atomic mass is 10.2. The number of benzene rings is 1. The third-order valence-corrected chi connectivity index (χ3v) is 2.62. The molecule has 98 valence electrons. The van der Waals surface area contributed by atoms with Gasteiger partial charge in [-0.2, -0.15) is 0 Å². The number of nitrogens with zero attached hydrogens (tertiary/aromatic N) is 1.